The highest BCUT2D eigenvalue weighted by atomic mass is 16.3. The Hall–Kier alpha value is -1.70. The largest absolute Gasteiger partial charge is 0.508 e. The number of benzene rings is 1. The zero-order valence-corrected chi connectivity index (χ0v) is 10.1. The van der Waals surface area contributed by atoms with Gasteiger partial charge >= 0.3 is 0 Å². The molecule has 2 nitrogen and oxygen atoms in total. The molecule has 1 aliphatic carbocycles. The SMILES string of the molecule is CC1(CCc2ccc(O)cc2O)C=CC=CC1. The molecule has 0 aromatic heterocycles. The van der Waals surface area contributed by atoms with E-state index in [0.29, 0.717) is 0 Å². The van der Waals surface area contributed by atoms with Crippen molar-refractivity contribution in [2.45, 2.75) is 26.2 Å². The number of aryl methyl sites for hydroxylation is 1. The first-order chi connectivity index (χ1) is 8.09. The molecule has 2 N–H and O–H groups in total. The highest BCUT2D eigenvalue weighted by Gasteiger charge is 2.21. The lowest BCUT2D eigenvalue weighted by Gasteiger charge is -2.26. The Kier molecular flexibility index (Phi) is 3.23. The summed E-state index contributed by atoms with van der Waals surface area (Å²) in [5, 5.41) is 18.9. The first-order valence-corrected chi connectivity index (χ1v) is 5.94. The summed E-state index contributed by atoms with van der Waals surface area (Å²) < 4.78 is 0. The van der Waals surface area contributed by atoms with Gasteiger partial charge < -0.3 is 10.2 Å². The van der Waals surface area contributed by atoms with Crippen LogP contribution in [0.1, 0.15) is 25.3 Å². The zero-order valence-electron chi connectivity index (χ0n) is 10.1. The van der Waals surface area contributed by atoms with E-state index >= 15 is 0 Å². The molecule has 1 atom stereocenters. The Morgan fingerprint density at radius 3 is 2.71 bits per heavy atom. The van der Waals surface area contributed by atoms with Crippen LogP contribution in [0.15, 0.2) is 42.5 Å². The van der Waals surface area contributed by atoms with Gasteiger partial charge in [0.25, 0.3) is 0 Å². The first-order valence-electron chi connectivity index (χ1n) is 5.94. The van der Waals surface area contributed by atoms with Gasteiger partial charge in [-0.2, -0.15) is 0 Å². The number of phenols is 2. The molecule has 0 bridgehead atoms. The van der Waals surface area contributed by atoms with Crippen LogP contribution >= 0.6 is 0 Å². The molecule has 90 valence electrons. The van der Waals surface area contributed by atoms with Crippen LogP contribution < -0.4 is 0 Å². The minimum atomic E-state index is 0.109. The van der Waals surface area contributed by atoms with E-state index in [0.717, 1.165) is 24.8 Å². The number of rotatable bonds is 3. The summed E-state index contributed by atoms with van der Waals surface area (Å²) in [4.78, 5) is 0. The van der Waals surface area contributed by atoms with Crippen molar-refractivity contribution >= 4 is 0 Å². The van der Waals surface area contributed by atoms with Crippen molar-refractivity contribution in [3.63, 3.8) is 0 Å². The molecule has 0 fully saturated rings. The summed E-state index contributed by atoms with van der Waals surface area (Å²) in [5.74, 6) is 0.293. The van der Waals surface area contributed by atoms with Crippen molar-refractivity contribution in [2.75, 3.05) is 0 Å². The van der Waals surface area contributed by atoms with Crippen molar-refractivity contribution in [1.29, 1.82) is 0 Å². The molecule has 1 aromatic rings. The molecule has 2 rings (SSSR count). The van der Waals surface area contributed by atoms with E-state index in [1.165, 1.54) is 6.07 Å². The van der Waals surface area contributed by atoms with E-state index in [9.17, 15) is 10.2 Å². The minimum Gasteiger partial charge on any atom is -0.508 e. The molecular weight excluding hydrogens is 212 g/mol. The van der Waals surface area contributed by atoms with Crippen LogP contribution in [-0.4, -0.2) is 10.2 Å². The topological polar surface area (TPSA) is 40.5 Å². The number of hydrogen-bond donors (Lipinski definition) is 2. The summed E-state index contributed by atoms with van der Waals surface area (Å²) in [6.45, 7) is 2.23. The third-order valence-electron chi connectivity index (χ3n) is 3.36. The predicted octanol–water partition coefficient (Wildman–Crippen LogP) is 3.55. The molecule has 1 aromatic carbocycles. The van der Waals surface area contributed by atoms with Crippen LogP contribution in [0, 0.1) is 5.41 Å². The fourth-order valence-corrected chi connectivity index (χ4v) is 2.14. The number of aromatic hydroxyl groups is 2. The van der Waals surface area contributed by atoms with Gasteiger partial charge in [0.2, 0.25) is 0 Å². The lowest BCUT2D eigenvalue weighted by atomic mass is 9.79. The molecule has 1 aliphatic rings. The Bertz CT molecular complexity index is 460. The van der Waals surface area contributed by atoms with Crippen LogP contribution in [0.3, 0.4) is 0 Å². The monoisotopic (exact) mass is 230 g/mol. The van der Waals surface area contributed by atoms with Gasteiger partial charge in [0.15, 0.2) is 0 Å². The van der Waals surface area contributed by atoms with Gasteiger partial charge in [-0.3, -0.25) is 0 Å². The van der Waals surface area contributed by atoms with Crippen LogP contribution in [0.4, 0.5) is 0 Å². The van der Waals surface area contributed by atoms with Gasteiger partial charge in [-0.05, 0) is 36.3 Å². The smallest absolute Gasteiger partial charge is 0.122 e. The first kappa shape index (κ1) is 11.8. The second-order valence-corrected chi connectivity index (χ2v) is 4.96. The molecule has 0 spiro atoms. The molecule has 17 heavy (non-hydrogen) atoms. The van der Waals surface area contributed by atoms with E-state index in [1.807, 2.05) is 0 Å². The number of allylic oxidation sites excluding steroid dienone is 4. The molecule has 2 heteroatoms. The Morgan fingerprint density at radius 2 is 2.06 bits per heavy atom. The van der Waals surface area contributed by atoms with Gasteiger partial charge in [0.1, 0.15) is 11.5 Å². The Balaban J connectivity index is 2.02. The van der Waals surface area contributed by atoms with Crippen molar-refractivity contribution in [3.8, 4) is 11.5 Å². The van der Waals surface area contributed by atoms with Gasteiger partial charge in [0.05, 0.1) is 0 Å². The lowest BCUT2D eigenvalue weighted by Crippen LogP contribution is -2.14. The van der Waals surface area contributed by atoms with Crippen molar-refractivity contribution < 1.29 is 10.2 Å². The Morgan fingerprint density at radius 1 is 1.24 bits per heavy atom. The second kappa shape index (κ2) is 4.66. The zero-order chi connectivity index (χ0) is 12.3. The Labute approximate surface area is 102 Å². The summed E-state index contributed by atoms with van der Waals surface area (Å²) in [5.41, 5.74) is 1.07. The second-order valence-electron chi connectivity index (χ2n) is 4.96. The highest BCUT2D eigenvalue weighted by Crippen LogP contribution is 2.34. The molecule has 0 aliphatic heterocycles. The maximum absolute atomic E-state index is 9.71. The predicted molar refractivity (Wildman–Crippen MR) is 69.1 cm³/mol. The van der Waals surface area contributed by atoms with E-state index in [2.05, 4.69) is 31.2 Å². The van der Waals surface area contributed by atoms with Gasteiger partial charge in [-0.15, -0.1) is 0 Å². The maximum Gasteiger partial charge on any atom is 0.122 e. The summed E-state index contributed by atoms with van der Waals surface area (Å²) in [6.07, 6.45) is 11.4. The molecule has 0 radical (unpaired) electrons. The van der Waals surface area contributed by atoms with Crippen molar-refractivity contribution in [3.05, 3.63) is 48.1 Å². The van der Waals surface area contributed by atoms with E-state index in [4.69, 9.17) is 0 Å². The van der Waals surface area contributed by atoms with Gasteiger partial charge in [-0.25, -0.2) is 0 Å². The third kappa shape index (κ3) is 2.90. The average molecular weight is 230 g/mol. The maximum atomic E-state index is 9.71. The third-order valence-corrected chi connectivity index (χ3v) is 3.36. The van der Waals surface area contributed by atoms with Crippen LogP contribution in [-0.2, 0) is 6.42 Å². The van der Waals surface area contributed by atoms with Crippen LogP contribution in [0.25, 0.3) is 0 Å². The van der Waals surface area contributed by atoms with E-state index < -0.39 is 0 Å². The fourth-order valence-electron chi connectivity index (χ4n) is 2.14. The molecule has 0 saturated carbocycles. The molecule has 1 unspecified atom stereocenters. The molecular formula is C15H18O2. The molecule has 0 amide bonds. The molecule has 0 saturated heterocycles. The summed E-state index contributed by atoms with van der Waals surface area (Å²) in [6, 6.07) is 4.80. The van der Waals surface area contributed by atoms with Crippen molar-refractivity contribution in [1.82, 2.24) is 0 Å². The average Bonchev–Trinajstić information content (AvgIpc) is 2.29. The minimum absolute atomic E-state index is 0.109. The van der Waals surface area contributed by atoms with Crippen LogP contribution in [0.5, 0.6) is 11.5 Å². The summed E-state index contributed by atoms with van der Waals surface area (Å²) >= 11 is 0. The highest BCUT2D eigenvalue weighted by molar-refractivity contribution is 5.39. The standard InChI is InChI=1S/C15H18O2/c1-15(8-3-2-4-9-15)10-7-12-5-6-13(16)11-14(12)17/h2-6,8,11,16-17H,7,9-10H2,1H3. The summed E-state index contributed by atoms with van der Waals surface area (Å²) in [7, 11) is 0. The normalized spacial score (nSPS) is 22.9. The van der Waals surface area contributed by atoms with E-state index in [-0.39, 0.29) is 16.9 Å². The quantitative estimate of drug-likeness (QED) is 0.833. The number of hydrogen-bond acceptors (Lipinski definition) is 2. The molecule has 0 heterocycles. The van der Waals surface area contributed by atoms with Crippen LogP contribution in [0.2, 0.25) is 0 Å². The van der Waals surface area contributed by atoms with Gasteiger partial charge in [-0.1, -0.05) is 37.3 Å². The lowest BCUT2D eigenvalue weighted by molar-refractivity contribution is 0.387. The van der Waals surface area contributed by atoms with Gasteiger partial charge in [0, 0.05) is 6.07 Å². The fraction of sp³-hybridized carbons (Fsp3) is 0.333. The number of phenolic OH excluding ortho intramolecular Hbond substituents is 2. The van der Waals surface area contributed by atoms with Crippen molar-refractivity contribution in [2.24, 2.45) is 5.41 Å². The van der Waals surface area contributed by atoms with E-state index in [1.54, 1.807) is 12.1 Å².